The maximum absolute atomic E-state index is 13.5. The topological polar surface area (TPSA) is 79.3 Å². The van der Waals surface area contributed by atoms with Crippen molar-refractivity contribution in [2.75, 3.05) is 40.5 Å². The number of ether oxygens (including phenoxy) is 2. The molecule has 1 aliphatic rings. The molecule has 1 N–H and O–H groups in total. The number of nitrogens with zero attached hydrogens (tertiary/aromatic N) is 2. The van der Waals surface area contributed by atoms with E-state index in [1.807, 2.05) is 32.2 Å². The van der Waals surface area contributed by atoms with E-state index in [4.69, 9.17) is 9.47 Å². The van der Waals surface area contributed by atoms with Crippen LogP contribution in [0.25, 0.3) is 0 Å². The largest absolute Gasteiger partial charge is 0.487 e. The molecule has 0 saturated carbocycles. The predicted molar refractivity (Wildman–Crippen MR) is 132 cm³/mol. The number of hydrogen-bond donors (Lipinski definition) is 1. The lowest BCUT2D eigenvalue weighted by Gasteiger charge is -2.37. The van der Waals surface area contributed by atoms with Gasteiger partial charge in [-0.2, -0.15) is 4.31 Å². The van der Waals surface area contributed by atoms with Gasteiger partial charge in [-0.15, -0.1) is 0 Å². The summed E-state index contributed by atoms with van der Waals surface area (Å²) in [6.07, 6.45) is -0.265. The second-order valence-corrected chi connectivity index (χ2v) is 10.7. The van der Waals surface area contributed by atoms with Crippen LogP contribution in [0.5, 0.6) is 5.75 Å². The third-order valence-corrected chi connectivity index (χ3v) is 7.92. The van der Waals surface area contributed by atoms with E-state index in [1.54, 1.807) is 32.2 Å². The van der Waals surface area contributed by atoms with Gasteiger partial charge in [-0.1, -0.05) is 49.1 Å². The first-order valence-electron chi connectivity index (χ1n) is 11.4. The minimum atomic E-state index is -3.87. The van der Waals surface area contributed by atoms with Crippen LogP contribution < -0.4 is 4.74 Å². The Hall–Kier alpha value is -2.41. The van der Waals surface area contributed by atoms with Gasteiger partial charge >= 0.3 is 0 Å². The fourth-order valence-electron chi connectivity index (χ4n) is 4.00. The Morgan fingerprint density at radius 2 is 2.00 bits per heavy atom. The predicted octanol–water partition coefficient (Wildman–Crippen LogP) is 2.59. The molecule has 0 amide bonds. The molecule has 0 unspecified atom stereocenters. The number of sulfonamides is 1. The van der Waals surface area contributed by atoms with Crippen LogP contribution in [0.2, 0.25) is 0 Å². The summed E-state index contributed by atoms with van der Waals surface area (Å²) in [6, 6.07) is 14.5. The zero-order chi connectivity index (χ0) is 24.7. The van der Waals surface area contributed by atoms with Crippen LogP contribution in [0.4, 0.5) is 0 Å². The maximum atomic E-state index is 13.5. The first-order chi connectivity index (χ1) is 16.3. The van der Waals surface area contributed by atoms with Crippen molar-refractivity contribution < 1.29 is 23.0 Å². The Balaban J connectivity index is 1.97. The summed E-state index contributed by atoms with van der Waals surface area (Å²) in [5.74, 6) is 6.05. The lowest BCUT2D eigenvalue weighted by Crippen LogP contribution is -2.49. The molecule has 0 aliphatic carbocycles. The van der Waals surface area contributed by atoms with Crippen LogP contribution in [0.1, 0.15) is 25.0 Å². The van der Waals surface area contributed by atoms with Crippen LogP contribution >= 0.6 is 0 Å². The summed E-state index contributed by atoms with van der Waals surface area (Å²) in [4.78, 5) is 2.27. The van der Waals surface area contributed by atoms with E-state index in [0.29, 0.717) is 12.1 Å². The zero-order valence-corrected chi connectivity index (χ0v) is 21.1. The van der Waals surface area contributed by atoms with Gasteiger partial charge in [0.25, 0.3) is 0 Å². The molecule has 0 spiro atoms. The number of aliphatic hydroxyl groups excluding tert-OH is 1. The molecule has 184 valence electrons. The van der Waals surface area contributed by atoms with Crippen LogP contribution in [0, 0.1) is 17.8 Å². The molecule has 34 heavy (non-hydrogen) atoms. The van der Waals surface area contributed by atoms with Crippen LogP contribution in [-0.4, -0.2) is 75.3 Å². The molecule has 3 atom stereocenters. The Bertz CT molecular complexity index is 1110. The molecule has 2 aromatic carbocycles. The monoisotopic (exact) mass is 486 g/mol. The van der Waals surface area contributed by atoms with Crippen molar-refractivity contribution in [1.82, 2.24) is 9.21 Å². The summed E-state index contributed by atoms with van der Waals surface area (Å²) in [7, 11) is -0.270. The highest BCUT2D eigenvalue weighted by Gasteiger charge is 2.38. The number of aliphatic hydroxyl groups is 1. The summed E-state index contributed by atoms with van der Waals surface area (Å²) in [5.41, 5.74) is 1.84. The van der Waals surface area contributed by atoms with Gasteiger partial charge in [0.15, 0.2) is 0 Å². The Kier molecular flexibility index (Phi) is 9.11. The normalized spacial score (nSPS) is 20.9. The fourth-order valence-corrected chi connectivity index (χ4v) is 5.82. The first kappa shape index (κ1) is 26.2. The van der Waals surface area contributed by atoms with Crippen LogP contribution in [0.15, 0.2) is 53.4 Å². The highest BCUT2D eigenvalue weighted by Crippen LogP contribution is 2.34. The number of likely N-dealkylation sites (N-methyl/N-ethyl adjacent to an activating group) is 1. The first-order valence-corrected chi connectivity index (χ1v) is 12.8. The van der Waals surface area contributed by atoms with Crippen LogP contribution in [-0.2, 0) is 21.3 Å². The second kappa shape index (κ2) is 11.8. The minimum Gasteiger partial charge on any atom is -0.487 e. The fraction of sp³-hybridized carbons (Fsp3) is 0.462. The quantitative estimate of drug-likeness (QED) is 0.606. The smallest absolute Gasteiger partial charge is 0.247 e. The average Bonchev–Trinajstić information content (AvgIpc) is 2.81. The van der Waals surface area contributed by atoms with Gasteiger partial charge in [0.05, 0.1) is 6.61 Å². The van der Waals surface area contributed by atoms with E-state index >= 15 is 0 Å². The van der Waals surface area contributed by atoms with Crippen molar-refractivity contribution in [3.63, 3.8) is 0 Å². The van der Waals surface area contributed by atoms with Gasteiger partial charge in [0, 0.05) is 44.3 Å². The third-order valence-electron chi connectivity index (χ3n) is 5.90. The number of rotatable bonds is 7. The molecule has 0 aromatic heterocycles. The van der Waals surface area contributed by atoms with E-state index < -0.39 is 16.1 Å². The standard InChI is InChI=1S/C26H34N2O5S/c1-20-16-28(21(2)19-29)34(30,31)26-13-12-22(11-8-14-32-4)15-24(26)33-25(20)18-27(3)17-23-9-6-5-7-10-23/h5-7,9-10,12-13,15,20-21,25,29H,14,16-19H2,1-4H3/t20-,21-,25-/m1/s1. The molecule has 7 nitrogen and oxygen atoms in total. The molecular formula is C26H34N2O5S. The summed E-state index contributed by atoms with van der Waals surface area (Å²) >= 11 is 0. The highest BCUT2D eigenvalue weighted by atomic mass is 32.2. The number of methoxy groups -OCH3 is 1. The summed E-state index contributed by atoms with van der Waals surface area (Å²) in [5, 5.41) is 9.78. The van der Waals surface area contributed by atoms with Gasteiger partial charge in [-0.3, -0.25) is 4.90 Å². The van der Waals surface area contributed by atoms with Crippen molar-refractivity contribution in [3.8, 4) is 17.6 Å². The summed E-state index contributed by atoms with van der Waals surface area (Å²) in [6.45, 7) is 5.33. The zero-order valence-electron chi connectivity index (χ0n) is 20.3. The Labute approximate surface area is 203 Å². The molecule has 3 rings (SSSR count). The van der Waals surface area contributed by atoms with Crippen LogP contribution in [0.3, 0.4) is 0 Å². The molecule has 0 fully saturated rings. The van der Waals surface area contributed by atoms with Crippen molar-refractivity contribution in [2.24, 2.45) is 5.92 Å². The van der Waals surface area contributed by atoms with Crippen molar-refractivity contribution >= 4 is 10.0 Å². The highest BCUT2D eigenvalue weighted by molar-refractivity contribution is 7.89. The SMILES string of the molecule is COCC#Cc1ccc2c(c1)O[C@H](CN(C)Cc1ccccc1)[C@H](C)CN([C@H](C)CO)S2(=O)=O. The Morgan fingerprint density at radius 1 is 1.26 bits per heavy atom. The molecule has 8 heteroatoms. The van der Waals surface area contributed by atoms with E-state index in [-0.39, 0.29) is 42.4 Å². The van der Waals surface area contributed by atoms with Gasteiger partial charge in [0.2, 0.25) is 10.0 Å². The molecular weight excluding hydrogens is 452 g/mol. The van der Waals surface area contributed by atoms with Gasteiger partial charge in [-0.25, -0.2) is 8.42 Å². The average molecular weight is 487 g/mol. The lowest BCUT2D eigenvalue weighted by molar-refractivity contribution is 0.0733. The number of hydrogen-bond acceptors (Lipinski definition) is 6. The van der Waals surface area contributed by atoms with E-state index in [9.17, 15) is 13.5 Å². The van der Waals surface area contributed by atoms with Crippen molar-refractivity contribution in [1.29, 1.82) is 0 Å². The molecule has 2 aromatic rings. The van der Waals surface area contributed by atoms with Crippen molar-refractivity contribution in [2.45, 2.75) is 37.4 Å². The molecule has 1 aliphatic heterocycles. The number of benzene rings is 2. The molecule has 0 bridgehead atoms. The number of fused-ring (bicyclic) bond motifs is 1. The minimum absolute atomic E-state index is 0.0905. The molecule has 1 heterocycles. The lowest BCUT2D eigenvalue weighted by atomic mass is 10.0. The van der Waals surface area contributed by atoms with Gasteiger partial charge in [0.1, 0.15) is 23.4 Å². The second-order valence-electron chi connectivity index (χ2n) is 8.82. The van der Waals surface area contributed by atoms with E-state index in [2.05, 4.69) is 28.9 Å². The van der Waals surface area contributed by atoms with Crippen molar-refractivity contribution in [3.05, 3.63) is 59.7 Å². The van der Waals surface area contributed by atoms with Gasteiger partial charge in [-0.05, 0) is 37.7 Å². The molecule has 0 saturated heterocycles. The Morgan fingerprint density at radius 3 is 2.68 bits per heavy atom. The maximum Gasteiger partial charge on any atom is 0.247 e. The van der Waals surface area contributed by atoms with E-state index in [1.165, 1.54) is 9.87 Å². The molecule has 0 radical (unpaired) electrons. The van der Waals surface area contributed by atoms with E-state index in [0.717, 1.165) is 6.54 Å². The summed E-state index contributed by atoms with van der Waals surface area (Å²) < 4.78 is 39.8. The third kappa shape index (κ3) is 6.38. The van der Waals surface area contributed by atoms with Gasteiger partial charge < -0.3 is 14.6 Å².